The average molecular weight is 332 g/mol. The van der Waals surface area contributed by atoms with Crippen molar-refractivity contribution in [2.45, 2.75) is 47.1 Å². The van der Waals surface area contributed by atoms with Crippen molar-refractivity contribution in [3.05, 3.63) is 35.2 Å². The fourth-order valence-corrected chi connectivity index (χ4v) is 3.40. The summed E-state index contributed by atoms with van der Waals surface area (Å²) in [6.45, 7) is 13.8. The van der Waals surface area contributed by atoms with Crippen molar-refractivity contribution in [3.8, 4) is 0 Å². The van der Waals surface area contributed by atoms with Crippen molar-refractivity contribution in [3.63, 3.8) is 0 Å². The average Bonchev–Trinajstić information content (AvgIpc) is 2.79. The Bertz CT molecular complexity index is 638. The van der Waals surface area contributed by atoms with Crippen molar-refractivity contribution in [2.24, 2.45) is 5.92 Å². The number of allylic oxidation sites excluding steroid dienone is 1. The highest BCUT2D eigenvalue weighted by Gasteiger charge is 2.30. The first kappa shape index (κ1) is 18.3. The number of carbonyl (C=O) groups is 2. The summed E-state index contributed by atoms with van der Waals surface area (Å²) in [5.41, 5.74) is 2.60. The number of likely N-dealkylation sites (tertiary alicyclic amines) is 1. The molecule has 2 heterocycles. The minimum Gasteiger partial charge on any atom is -0.461 e. The van der Waals surface area contributed by atoms with Gasteiger partial charge in [-0.15, -0.1) is 6.58 Å². The summed E-state index contributed by atoms with van der Waals surface area (Å²) in [7, 11) is 0. The van der Waals surface area contributed by atoms with E-state index >= 15 is 0 Å². The third-order valence-corrected chi connectivity index (χ3v) is 4.83. The normalized spacial score (nSPS) is 15.4. The van der Waals surface area contributed by atoms with Crippen LogP contribution in [-0.4, -0.2) is 41.0 Å². The number of nitrogens with zero attached hydrogens (tertiary/aromatic N) is 2. The first-order valence-electron chi connectivity index (χ1n) is 8.69. The molecule has 24 heavy (non-hydrogen) atoms. The van der Waals surface area contributed by atoms with E-state index in [1.807, 2.05) is 23.3 Å². The molecule has 1 amide bonds. The number of rotatable bonds is 5. The van der Waals surface area contributed by atoms with Gasteiger partial charge in [-0.1, -0.05) is 13.0 Å². The largest absolute Gasteiger partial charge is 0.461 e. The fourth-order valence-electron chi connectivity index (χ4n) is 3.40. The van der Waals surface area contributed by atoms with Crippen LogP contribution < -0.4 is 0 Å². The molecule has 0 saturated carbocycles. The van der Waals surface area contributed by atoms with Crippen LogP contribution in [0.3, 0.4) is 0 Å². The number of carbonyl (C=O) groups excluding carboxylic acids is 2. The molecule has 0 radical (unpaired) electrons. The lowest BCUT2D eigenvalue weighted by atomic mass is 9.98. The molecular formula is C19H28N2O3. The van der Waals surface area contributed by atoms with Gasteiger partial charge in [-0.3, -0.25) is 4.79 Å². The van der Waals surface area contributed by atoms with Crippen LogP contribution in [0.2, 0.25) is 0 Å². The lowest BCUT2D eigenvalue weighted by molar-refractivity contribution is 0.0513. The van der Waals surface area contributed by atoms with Gasteiger partial charge in [0, 0.05) is 25.3 Å². The quantitative estimate of drug-likeness (QED) is 0.614. The van der Waals surface area contributed by atoms with Gasteiger partial charge >= 0.3 is 5.97 Å². The highest BCUT2D eigenvalue weighted by Crippen LogP contribution is 2.27. The first-order chi connectivity index (χ1) is 11.4. The molecule has 0 spiro atoms. The van der Waals surface area contributed by atoms with E-state index in [1.165, 1.54) is 0 Å². The van der Waals surface area contributed by atoms with Crippen molar-refractivity contribution in [1.29, 1.82) is 0 Å². The van der Waals surface area contributed by atoms with Crippen LogP contribution in [0.1, 0.15) is 58.8 Å². The van der Waals surface area contributed by atoms with E-state index < -0.39 is 0 Å². The molecule has 1 aromatic heterocycles. The predicted octanol–water partition coefficient (Wildman–Crippen LogP) is 3.34. The Labute approximate surface area is 144 Å². The summed E-state index contributed by atoms with van der Waals surface area (Å²) in [6, 6.07) is 0. The number of ether oxygens (including phenoxy) is 1. The van der Waals surface area contributed by atoms with E-state index in [4.69, 9.17) is 4.74 Å². The monoisotopic (exact) mass is 332 g/mol. The summed E-state index contributed by atoms with van der Waals surface area (Å²) in [4.78, 5) is 27.3. The highest BCUT2D eigenvalue weighted by molar-refractivity contribution is 6.01. The minimum absolute atomic E-state index is 0.0188. The Morgan fingerprint density at radius 1 is 1.29 bits per heavy atom. The zero-order chi connectivity index (χ0) is 17.9. The van der Waals surface area contributed by atoms with E-state index in [9.17, 15) is 9.59 Å². The lowest BCUT2D eigenvalue weighted by Gasteiger charge is -2.30. The van der Waals surface area contributed by atoms with Gasteiger partial charge < -0.3 is 14.2 Å². The predicted molar refractivity (Wildman–Crippen MR) is 94.4 cm³/mol. The van der Waals surface area contributed by atoms with Gasteiger partial charge in [0.05, 0.1) is 12.2 Å². The van der Waals surface area contributed by atoms with Gasteiger partial charge in [-0.2, -0.15) is 0 Å². The number of amides is 1. The van der Waals surface area contributed by atoms with Gasteiger partial charge in [0.15, 0.2) is 0 Å². The van der Waals surface area contributed by atoms with Crippen LogP contribution in [-0.2, 0) is 11.3 Å². The van der Waals surface area contributed by atoms with E-state index in [-0.39, 0.29) is 11.9 Å². The Balaban J connectivity index is 2.42. The molecule has 132 valence electrons. The molecule has 0 unspecified atom stereocenters. The maximum atomic E-state index is 13.0. The van der Waals surface area contributed by atoms with E-state index in [2.05, 4.69) is 13.5 Å². The van der Waals surface area contributed by atoms with Crippen LogP contribution in [0.15, 0.2) is 12.7 Å². The SMILES string of the molecule is C=CCn1c(C)c(C(=O)N2CCC(C)CC2)c(C)c1C(=O)OCC. The third kappa shape index (κ3) is 3.40. The van der Waals surface area contributed by atoms with Crippen LogP contribution in [0.5, 0.6) is 0 Å². The molecule has 1 aromatic rings. The van der Waals surface area contributed by atoms with Gasteiger partial charge in [-0.05, 0) is 45.1 Å². The number of aromatic nitrogens is 1. The third-order valence-electron chi connectivity index (χ3n) is 4.83. The number of piperidine rings is 1. The molecule has 0 aromatic carbocycles. The van der Waals surface area contributed by atoms with Gasteiger partial charge in [0.1, 0.15) is 5.69 Å². The number of hydrogen-bond donors (Lipinski definition) is 0. The van der Waals surface area contributed by atoms with Crippen LogP contribution in [0, 0.1) is 19.8 Å². The standard InChI is InChI=1S/C19H28N2O3/c1-6-10-21-15(5)16(14(4)17(21)19(23)24-7-2)18(22)20-11-8-13(3)9-12-20/h6,13H,1,7-12H2,2-5H3. The summed E-state index contributed by atoms with van der Waals surface area (Å²) >= 11 is 0. The molecular weight excluding hydrogens is 304 g/mol. The number of esters is 1. The fraction of sp³-hybridized carbons (Fsp3) is 0.579. The summed E-state index contributed by atoms with van der Waals surface area (Å²) in [5.74, 6) is 0.299. The molecule has 5 nitrogen and oxygen atoms in total. The topological polar surface area (TPSA) is 51.5 Å². The van der Waals surface area contributed by atoms with Gasteiger partial charge in [0.2, 0.25) is 0 Å². The molecule has 2 rings (SSSR count). The smallest absolute Gasteiger partial charge is 0.355 e. The molecule has 0 N–H and O–H groups in total. The lowest BCUT2D eigenvalue weighted by Crippen LogP contribution is -2.38. The molecule has 1 fully saturated rings. The van der Waals surface area contributed by atoms with Crippen molar-refractivity contribution in [1.82, 2.24) is 9.47 Å². The minimum atomic E-state index is -0.383. The maximum absolute atomic E-state index is 13.0. The molecule has 1 aliphatic heterocycles. The Morgan fingerprint density at radius 2 is 1.92 bits per heavy atom. The van der Waals surface area contributed by atoms with Gasteiger partial charge in [-0.25, -0.2) is 4.79 Å². The summed E-state index contributed by atoms with van der Waals surface area (Å²) in [6.07, 6.45) is 3.79. The van der Waals surface area contributed by atoms with Gasteiger partial charge in [0.25, 0.3) is 5.91 Å². The zero-order valence-electron chi connectivity index (χ0n) is 15.2. The van der Waals surface area contributed by atoms with Crippen molar-refractivity contribution in [2.75, 3.05) is 19.7 Å². The Morgan fingerprint density at radius 3 is 2.46 bits per heavy atom. The maximum Gasteiger partial charge on any atom is 0.355 e. The van der Waals surface area contributed by atoms with Crippen molar-refractivity contribution < 1.29 is 14.3 Å². The Kier molecular flexibility index (Phi) is 5.86. The second-order valence-electron chi connectivity index (χ2n) is 6.53. The highest BCUT2D eigenvalue weighted by atomic mass is 16.5. The van der Waals surface area contributed by atoms with E-state index in [1.54, 1.807) is 13.0 Å². The molecule has 0 aliphatic carbocycles. The van der Waals surface area contributed by atoms with Crippen LogP contribution >= 0.6 is 0 Å². The number of hydrogen-bond acceptors (Lipinski definition) is 3. The zero-order valence-corrected chi connectivity index (χ0v) is 15.2. The summed E-state index contributed by atoms with van der Waals surface area (Å²) in [5, 5.41) is 0. The van der Waals surface area contributed by atoms with Crippen LogP contribution in [0.25, 0.3) is 0 Å². The van der Waals surface area contributed by atoms with Crippen LogP contribution in [0.4, 0.5) is 0 Å². The van der Waals surface area contributed by atoms with Crippen molar-refractivity contribution >= 4 is 11.9 Å². The molecule has 0 atom stereocenters. The molecule has 1 aliphatic rings. The van der Waals surface area contributed by atoms with E-state index in [0.717, 1.165) is 31.6 Å². The Hall–Kier alpha value is -2.04. The molecule has 1 saturated heterocycles. The first-order valence-corrected chi connectivity index (χ1v) is 8.69. The molecule has 5 heteroatoms. The summed E-state index contributed by atoms with van der Waals surface area (Å²) < 4.78 is 7.02. The second kappa shape index (κ2) is 7.69. The second-order valence-corrected chi connectivity index (χ2v) is 6.53. The molecule has 0 bridgehead atoms. The van der Waals surface area contributed by atoms with E-state index in [0.29, 0.717) is 35.9 Å².